The van der Waals surface area contributed by atoms with E-state index < -0.39 is 5.97 Å². The van der Waals surface area contributed by atoms with Crippen LogP contribution in [0, 0.1) is 0 Å². The molecule has 0 atom stereocenters. The van der Waals surface area contributed by atoms with Crippen LogP contribution in [-0.2, 0) is 9.63 Å². The molecule has 2 heterocycles. The van der Waals surface area contributed by atoms with Crippen LogP contribution in [0.2, 0.25) is 0 Å². The number of hydrogen-bond acceptors (Lipinski definition) is 5. The number of nitrogens with zero attached hydrogens (tertiary/aromatic N) is 2. The van der Waals surface area contributed by atoms with Crippen molar-refractivity contribution in [3.8, 4) is 0 Å². The summed E-state index contributed by atoms with van der Waals surface area (Å²) in [5, 5.41) is 3.55. The zero-order valence-corrected chi connectivity index (χ0v) is 8.94. The summed E-state index contributed by atoms with van der Waals surface area (Å²) in [5.74, 6) is -0.0832. The van der Waals surface area contributed by atoms with Crippen molar-refractivity contribution in [2.24, 2.45) is 5.16 Å². The maximum absolute atomic E-state index is 11.3. The van der Waals surface area contributed by atoms with Gasteiger partial charge in [0.05, 0.1) is 11.5 Å². The quantitative estimate of drug-likeness (QED) is 0.476. The Bertz CT molecular complexity index is 497. The first-order valence-corrected chi connectivity index (χ1v) is 5.02. The van der Waals surface area contributed by atoms with Crippen LogP contribution < -0.4 is 5.73 Å². The fourth-order valence-electron chi connectivity index (χ4n) is 1.26. The topological polar surface area (TPSA) is 77.6 Å². The molecular weight excluding hydrogens is 230 g/mol. The molecule has 16 heavy (non-hydrogen) atoms. The Morgan fingerprint density at radius 1 is 1.56 bits per heavy atom. The van der Waals surface area contributed by atoms with E-state index in [1.165, 1.54) is 0 Å². The summed E-state index contributed by atoms with van der Waals surface area (Å²) in [6.07, 6.45) is 3.14. The number of aromatic nitrogens is 1. The minimum atomic E-state index is -0.529. The molecule has 0 saturated heterocycles. The van der Waals surface area contributed by atoms with E-state index >= 15 is 0 Å². The van der Waals surface area contributed by atoms with Crippen molar-refractivity contribution in [3.05, 3.63) is 29.5 Å². The zero-order valence-electron chi connectivity index (χ0n) is 8.18. The third-order valence-corrected chi connectivity index (χ3v) is 2.32. The number of carbonyl (C=O) groups is 1. The minimum absolute atomic E-state index is 0.109. The van der Waals surface area contributed by atoms with Crippen LogP contribution in [-0.4, -0.2) is 22.5 Å². The first kappa shape index (κ1) is 10.6. The highest BCUT2D eigenvalue weighted by molar-refractivity contribution is 6.38. The van der Waals surface area contributed by atoms with Gasteiger partial charge in [0, 0.05) is 11.8 Å². The second-order valence-electron chi connectivity index (χ2n) is 3.09. The maximum atomic E-state index is 11.3. The lowest BCUT2D eigenvalue weighted by molar-refractivity contribution is -0.136. The largest absolute Gasteiger partial charge is 0.383 e. The van der Waals surface area contributed by atoms with Crippen LogP contribution in [0.1, 0.15) is 5.56 Å². The molecule has 6 heteroatoms. The number of pyridine rings is 1. The van der Waals surface area contributed by atoms with Crippen LogP contribution in [0.5, 0.6) is 0 Å². The molecule has 1 aromatic heterocycles. The van der Waals surface area contributed by atoms with Gasteiger partial charge in [0.2, 0.25) is 0 Å². The monoisotopic (exact) mass is 237 g/mol. The Labute approximate surface area is 96.5 Å². The van der Waals surface area contributed by atoms with Gasteiger partial charge in [0.25, 0.3) is 0 Å². The van der Waals surface area contributed by atoms with Gasteiger partial charge in [0.1, 0.15) is 11.5 Å². The summed E-state index contributed by atoms with van der Waals surface area (Å²) in [7, 11) is 0. The number of oxime groups is 1. The maximum Gasteiger partial charge on any atom is 0.367 e. The fraction of sp³-hybridized carbons (Fsp3) is 0.100. The Morgan fingerprint density at radius 3 is 3.06 bits per heavy atom. The van der Waals surface area contributed by atoms with Gasteiger partial charge >= 0.3 is 5.97 Å². The summed E-state index contributed by atoms with van der Waals surface area (Å²) in [4.78, 5) is 19.8. The van der Waals surface area contributed by atoms with Gasteiger partial charge in [-0.3, -0.25) is 0 Å². The van der Waals surface area contributed by atoms with Gasteiger partial charge in [-0.05, 0) is 18.2 Å². The van der Waals surface area contributed by atoms with Gasteiger partial charge < -0.3 is 10.6 Å². The van der Waals surface area contributed by atoms with Crippen LogP contribution in [0.4, 0.5) is 5.82 Å². The lowest BCUT2D eigenvalue weighted by Gasteiger charge is -1.99. The second kappa shape index (κ2) is 4.32. The van der Waals surface area contributed by atoms with Gasteiger partial charge in [-0.15, -0.1) is 11.6 Å². The number of hydrogen-bond donors (Lipinski definition) is 1. The number of nitrogen functional groups attached to an aromatic ring is 1. The standard InChI is InChI=1S/C10H8ClN3O2/c11-5-8-7(10(15)16-14-8)4-6-2-1-3-13-9(6)12/h1-4H,5H2,(H2,12,13)/b7-4+. The predicted octanol–water partition coefficient (Wildman–Crippen LogP) is 1.20. The summed E-state index contributed by atoms with van der Waals surface area (Å²) in [6.45, 7) is 0. The van der Waals surface area contributed by atoms with Gasteiger partial charge in [0.15, 0.2) is 0 Å². The number of alkyl halides is 1. The zero-order chi connectivity index (χ0) is 11.5. The van der Waals surface area contributed by atoms with Crippen molar-refractivity contribution >= 4 is 35.2 Å². The minimum Gasteiger partial charge on any atom is -0.383 e. The average molecular weight is 238 g/mol. The summed E-state index contributed by atoms with van der Waals surface area (Å²) in [5.41, 5.74) is 7.00. The SMILES string of the molecule is Nc1ncccc1/C=C1/C(=O)ON=C1CCl. The Morgan fingerprint density at radius 2 is 2.38 bits per heavy atom. The third-order valence-electron chi connectivity index (χ3n) is 2.07. The first-order valence-electron chi connectivity index (χ1n) is 4.49. The van der Waals surface area contributed by atoms with E-state index in [4.69, 9.17) is 17.3 Å². The molecule has 0 spiro atoms. The normalized spacial score (nSPS) is 17.4. The Hall–Kier alpha value is -1.88. The van der Waals surface area contributed by atoms with Crippen LogP contribution in [0.3, 0.4) is 0 Å². The number of rotatable bonds is 2. The van der Waals surface area contributed by atoms with Crippen molar-refractivity contribution in [2.45, 2.75) is 0 Å². The van der Waals surface area contributed by atoms with Crippen LogP contribution in [0.25, 0.3) is 6.08 Å². The van der Waals surface area contributed by atoms with Crippen molar-refractivity contribution in [1.82, 2.24) is 4.98 Å². The number of anilines is 1. The van der Waals surface area contributed by atoms with Gasteiger partial charge in [-0.25, -0.2) is 9.78 Å². The molecule has 2 N–H and O–H groups in total. The Kier molecular flexibility index (Phi) is 2.87. The molecule has 0 aromatic carbocycles. The lowest BCUT2D eigenvalue weighted by atomic mass is 10.1. The molecule has 5 nitrogen and oxygen atoms in total. The molecule has 0 saturated carbocycles. The molecule has 0 bridgehead atoms. The lowest BCUT2D eigenvalue weighted by Crippen LogP contribution is -2.07. The molecule has 0 radical (unpaired) electrons. The number of nitrogens with two attached hydrogens (primary N) is 1. The van der Waals surface area contributed by atoms with Gasteiger partial charge in [-0.2, -0.15) is 0 Å². The highest BCUT2D eigenvalue weighted by Crippen LogP contribution is 2.18. The van der Waals surface area contributed by atoms with Crippen LogP contribution >= 0.6 is 11.6 Å². The summed E-state index contributed by atoms with van der Waals surface area (Å²) < 4.78 is 0. The number of carbonyl (C=O) groups excluding carboxylic acids is 1. The van der Waals surface area contributed by atoms with Crippen molar-refractivity contribution in [1.29, 1.82) is 0 Å². The van der Waals surface area contributed by atoms with E-state index in [1.807, 2.05) is 0 Å². The molecule has 0 unspecified atom stereocenters. The van der Waals surface area contributed by atoms with E-state index in [0.29, 0.717) is 22.7 Å². The van der Waals surface area contributed by atoms with E-state index in [1.54, 1.807) is 24.4 Å². The second-order valence-corrected chi connectivity index (χ2v) is 3.35. The molecule has 0 fully saturated rings. The van der Waals surface area contributed by atoms with E-state index in [2.05, 4.69) is 15.0 Å². The molecule has 0 amide bonds. The fourth-order valence-corrected chi connectivity index (χ4v) is 1.45. The molecule has 1 aliphatic heterocycles. The molecule has 0 aliphatic carbocycles. The van der Waals surface area contributed by atoms with Gasteiger partial charge in [-0.1, -0.05) is 5.16 Å². The highest BCUT2D eigenvalue weighted by atomic mass is 35.5. The number of halogens is 1. The summed E-state index contributed by atoms with van der Waals surface area (Å²) in [6, 6.07) is 3.47. The molecule has 1 aliphatic rings. The highest BCUT2D eigenvalue weighted by Gasteiger charge is 2.24. The molecular formula is C10H8ClN3O2. The van der Waals surface area contributed by atoms with E-state index in [9.17, 15) is 4.79 Å². The molecule has 82 valence electrons. The predicted molar refractivity (Wildman–Crippen MR) is 60.9 cm³/mol. The van der Waals surface area contributed by atoms with Crippen LogP contribution in [0.15, 0.2) is 29.1 Å². The Balaban J connectivity index is 2.41. The average Bonchev–Trinajstić information content (AvgIpc) is 2.63. The summed E-state index contributed by atoms with van der Waals surface area (Å²) >= 11 is 5.62. The third kappa shape index (κ3) is 1.90. The molecule has 1 aromatic rings. The van der Waals surface area contributed by atoms with E-state index in [0.717, 1.165) is 0 Å². The van der Waals surface area contributed by atoms with Crippen molar-refractivity contribution < 1.29 is 9.63 Å². The van der Waals surface area contributed by atoms with Crippen molar-refractivity contribution in [2.75, 3.05) is 11.6 Å². The smallest absolute Gasteiger partial charge is 0.367 e. The van der Waals surface area contributed by atoms with Crippen molar-refractivity contribution in [3.63, 3.8) is 0 Å². The first-order chi connectivity index (χ1) is 7.72. The molecule has 2 rings (SSSR count). The van der Waals surface area contributed by atoms with E-state index in [-0.39, 0.29) is 5.88 Å².